The second-order valence-corrected chi connectivity index (χ2v) is 3.55. The molecule has 0 unspecified atom stereocenters. The number of halogens is 1. The van der Waals surface area contributed by atoms with E-state index in [0.29, 0.717) is 17.6 Å². The molecule has 0 saturated carbocycles. The van der Waals surface area contributed by atoms with Crippen molar-refractivity contribution in [3.8, 4) is 0 Å². The second-order valence-electron chi connectivity index (χ2n) is 3.55. The molecule has 0 atom stereocenters. The Bertz CT molecular complexity index is 520. The Morgan fingerprint density at radius 1 is 1.38 bits per heavy atom. The van der Waals surface area contributed by atoms with Crippen LogP contribution in [0, 0.1) is 5.82 Å². The van der Waals surface area contributed by atoms with Crippen LogP contribution in [0.3, 0.4) is 0 Å². The van der Waals surface area contributed by atoms with E-state index in [1.807, 2.05) is 18.2 Å². The van der Waals surface area contributed by atoms with E-state index in [2.05, 4.69) is 4.98 Å². The first-order valence-corrected chi connectivity index (χ1v) is 5.22. The minimum absolute atomic E-state index is 0.250. The van der Waals surface area contributed by atoms with Crippen molar-refractivity contribution in [3.63, 3.8) is 0 Å². The molecule has 2 N–H and O–H groups in total. The number of rotatable bonds is 3. The van der Waals surface area contributed by atoms with E-state index >= 15 is 0 Å². The summed E-state index contributed by atoms with van der Waals surface area (Å²) in [5, 5.41) is 0.941. The van der Waals surface area contributed by atoms with Gasteiger partial charge >= 0.3 is 0 Å². The first-order valence-electron chi connectivity index (χ1n) is 5.22. The fraction of sp³-hybridized carbons (Fsp3) is 0.154. The molecule has 1 aromatic carbocycles. The lowest BCUT2D eigenvalue weighted by molar-refractivity contribution is 0.626. The summed E-state index contributed by atoms with van der Waals surface area (Å²) in [5.74, 6) is -0.250. The highest BCUT2D eigenvalue weighted by Gasteiger charge is 2.01. The molecule has 0 amide bonds. The normalized spacial score (nSPS) is 11.4. The molecule has 0 saturated heterocycles. The molecule has 3 heteroatoms. The quantitative estimate of drug-likeness (QED) is 0.856. The molecule has 0 fully saturated rings. The lowest BCUT2D eigenvalue weighted by atomic mass is 10.1. The lowest BCUT2D eigenvalue weighted by Crippen LogP contribution is -1.95. The highest BCUT2D eigenvalue weighted by molar-refractivity contribution is 5.81. The maximum absolute atomic E-state index is 13.6. The van der Waals surface area contributed by atoms with Crippen LogP contribution in [0.25, 0.3) is 17.0 Å². The van der Waals surface area contributed by atoms with Crippen molar-refractivity contribution in [1.82, 2.24) is 4.98 Å². The zero-order chi connectivity index (χ0) is 11.4. The molecule has 0 aliphatic rings. The van der Waals surface area contributed by atoms with Gasteiger partial charge in [-0.05, 0) is 25.1 Å². The molecule has 2 aromatic rings. The summed E-state index contributed by atoms with van der Waals surface area (Å²) in [6, 6.07) is 7.01. The first-order chi connectivity index (χ1) is 7.81. The van der Waals surface area contributed by atoms with Gasteiger partial charge in [0.05, 0.1) is 5.52 Å². The Morgan fingerprint density at radius 2 is 2.25 bits per heavy atom. The summed E-state index contributed by atoms with van der Waals surface area (Å²) in [6.07, 6.45) is 6.05. The summed E-state index contributed by atoms with van der Waals surface area (Å²) in [5.41, 5.74) is 6.62. The third kappa shape index (κ3) is 2.25. The smallest absolute Gasteiger partial charge is 0.132 e. The topological polar surface area (TPSA) is 38.9 Å². The number of nitrogens with two attached hydrogens (primary N) is 1. The van der Waals surface area contributed by atoms with Crippen molar-refractivity contribution in [3.05, 3.63) is 47.9 Å². The summed E-state index contributed by atoms with van der Waals surface area (Å²) in [7, 11) is 0. The number of aromatic nitrogens is 1. The highest BCUT2D eigenvalue weighted by Crippen LogP contribution is 2.18. The molecule has 0 aliphatic heterocycles. The zero-order valence-corrected chi connectivity index (χ0v) is 8.86. The maximum atomic E-state index is 13.6. The average Bonchev–Trinajstić information content (AvgIpc) is 2.30. The van der Waals surface area contributed by atoms with E-state index < -0.39 is 0 Å². The number of fused-ring (bicyclic) bond motifs is 1. The number of benzene rings is 1. The van der Waals surface area contributed by atoms with Crippen LogP contribution in [0.5, 0.6) is 0 Å². The van der Waals surface area contributed by atoms with Gasteiger partial charge in [0.2, 0.25) is 0 Å². The van der Waals surface area contributed by atoms with E-state index in [9.17, 15) is 4.39 Å². The van der Waals surface area contributed by atoms with Crippen LogP contribution in [0.1, 0.15) is 12.0 Å². The summed E-state index contributed by atoms with van der Waals surface area (Å²) in [4.78, 5) is 4.10. The molecule has 16 heavy (non-hydrogen) atoms. The van der Waals surface area contributed by atoms with Crippen LogP contribution in [0.4, 0.5) is 4.39 Å². The van der Waals surface area contributed by atoms with Gasteiger partial charge in [0, 0.05) is 23.2 Å². The molecule has 2 rings (SSSR count). The van der Waals surface area contributed by atoms with Crippen molar-refractivity contribution < 1.29 is 4.39 Å². The number of nitrogens with zero attached hydrogens (tertiary/aromatic N) is 1. The first kappa shape index (κ1) is 10.8. The largest absolute Gasteiger partial charge is 0.330 e. The average molecular weight is 216 g/mol. The van der Waals surface area contributed by atoms with Crippen LogP contribution in [-0.2, 0) is 0 Å². The van der Waals surface area contributed by atoms with E-state index in [1.165, 1.54) is 6.07 Å². The van der Waals surface area contributed by atoms with Crippen molar-refractivity contribution in [2.75, 3.05) is 6.54 Å². The fourth-order valence-electron chi connectivity index (χ4n) is 1.55. The van der Waals surface area contributed by atoms with Crippen LogP contribution in [-0.4, -0.2) is 11.5 Å². The summed E-state index contributed by atoms with van der Waals surface area (Å²) in [6.45, 7) is 0.577. The number of hydrogen-bond donors (Lipinski definition) is 1. The molecular formula is C13H13FN2. The zero-order valence-electron chi connectivity index (χ0n) is 8.86. The van der Waals surface area contributed by atoms with Crippen LogP contribution in [0.15, 0.2) is 36.5 Å². The van der Waals surface area contributed by atoms with Crippen molar-refractivity contribution >= 4 is 17.0 Å². The summed E-state index contributed by atoms with van der Waals surface area (Å²) >= 11 is 0. The van der Waals surface area contributed by atoms with Gasteiger partial charge in [0.15, 0.2) is 0 Å². The van der Waals surface area contributed by atoms with Gasteiger partial charge in [-0.3, -0.25) is 4.98 Å². The van der Waals surface area contributed by atoms with E-state index in [1.54, 1.807) is 18.3 Å². The van der Waals surface area contributed by atoms with Crippen LogP contribution < -0.4 is 5.73 Å². The molecule has 1 aromatic heterocycles. The number of pyridine rings is 1. The molecule has 0 aliphatic carbocycles. The Morgan fingerprint density at radius 3 is 3.06 bits per heavy atom. The second kappa shape index (κ2) is 4.86. The molecule has 1 heterocycles. The number of hydrogen-bond acceptors (Lipinski definition) is 2. The Hall–Kier alpha value is -1.74. The highest BCUT2D eigenvalue weighted by atomic mass is 19.1. The molecule has 0 bridgehead atoms. The fourth-order valence-corrected chi connectivity index (χ4v) is 1.55. The van der Waals surface area contributed by atoms with Gasteiger partial charge in [-0.2, -0.15) is 0 Å². The van der Waals surface area contributed by atoms with E-state index in [0.717, 1.165) is 11.8 Å². The van der Waals surface area contributed by atoms with E-state index in [-0.39, 0.29) is 5.82 Å². The van der Waals surface area contributed by atoms with Crippen molar-refractivity contribution in [2.24, 2.45) is 5.73 Å². The maximum Gasteiger partial charge on any atom is 0.132 e. The van der Waals surface area contributed by atoms with Crippen LogP contribution >= 0.6 is 0 Å². The third-order valence-electron chi connectivity index (χ3n) is 2.35. The standard InChI is InChI=1S/C13H13FN2/c14-12-9-13-11(5-3-7-16-13)8-10(12)4-1-2-6-15/h1,3-5,7-9H,2,6,15H2. The summed E-state index contributed by atoms with van der Waals surface area (Å²) < 4.78 is 13.6. The SMILES string of the molecule is NCCC=Cc1cc2cccnc2cc1F. The van der Waals surface area contributed by atoms with Gasteiger partial charge in [-0.1, -0.05) is 18.2 Å². The van der Waals surface area contributed by atoms with Crippen molar-refractivity contribution in [1.29, 1.82) is 0 Å². The Kier molecular flexibility index (Phi) is 3.27. The predicted octanol–water partition coefficient (Wildman–Crippen LogP) is 2.74. The minimum atomic E-state index is -0.250. The molecular weight excluding hydrogens is 203 g/mol. The van der Waals surface area contributed by atoms with E-state index in [4.69, 9.17) is 5.73 Å². The van der Waals surface area contributed by atoms with Gasteiger partial charge in [-0.25, -0.2) is 4.39 Å². The van der Waals surface area contributed by atoms with Gasteiger partial charge < -0.3 is 5.73 Å². The monoisotopic (exact) mass is 216 g/mol. The Balaban J connectivity index is 2.42. The molecule has 0 radical (unpaired) electrons. The van der Waals surface area contributed by atoms with Gasteiger partial charge in [0.25, 0.3) is 0 Å². The lowest BCUT2D eigenvalue weighted by Gasteiger charge is -2.00. The van der Waals surface area contributed by atoms with Gasteiger partial charge in [-0.15, -0.1) is 0 Å². The molecule has 2 nitrogen and oxygen atoms in total. The van der Waals surface area contributed by atoms with Gasteiger partial charge in [0.1, 0.15) is 5.82 Å². The van der Waals surface area contributed by atoms with Crippen molar-refractivity contribution in [2.45, 2.75) is 6.42 Å². The van der Waals surface area contributed by atoms with Crippen LogP contribution in [0.2, 0.25) is 0 Å². The predicted molar refractivity (Wildman–Crippen MR) is 64.4 cm³/mol. The third-order valence-corrected chi connectivity index (χ3v) is 2.35. The Labute approximate surface area is 93.6 Å². The minimum Gasteiger partial charge on any atom is -0.330 e. The molecule has 82 valence electrons. The molecule has 0 spiro atoms.